The number of piperazine rings is 1. The highest BCUT2D eigenvalue weighted by molar-refractivity contribution is 5.91. The number of nitrogens with one attached hydrogen (secondary N) is 1. The molecule has 0 saturated carbocycles. The summed E-state index contributed by atoms with van der Waals surface area (Å²) in [5.41, 5.74) is 0.985. The first-order chi connectivity index (χ1) is 12.5. The van der Waals surface area contributed by atoms with Gasteiger partial charge in [-0.2, -0.15) is 0 Å². The zero-order valence-electron chi connectivity index (χ0n) is 15.2. The smallest absolute Gasteiger partial charge is 0.317 e. The first-order valence-corrected chi connectivity index (χ1v) is 8.89. The van der Waals surface area contributed by atoms with E-state index < -0.39 is 0 Å². The molecule has 2 aromatic rings. The van der Waals surface area contributed by atoms with Crippen molar-refractivity contribution in [3.8, 4) is 0 Å². The van der Waals surface area contributed by atoms with Crippen molar-refractivity contribution in [2.45, 2.75) is 26.9 Å². The fourth-order valence-corrected chi connectivity index (χ4v) is 3.00. The molecule has 140 valence electrons. The number of imidazole rings is 1. The summed E-state index contributed by atoms with van der Waals surface area (Å²) in [6.45, 7) is 7.61. The number of urea groups is 1. The van der Waals surface area contributed by atoms with Crippen LogP contribution >= 0.6 is 0 Å². The van der Waals surface area contributed by atoms with Crippen molar-refractivity contribution in [3.05, 3.63) is 42.4 Å². The van der Waals surface area contributed by atoms with E-state index in [1.54, 1.807) is 34.5 Å². The van der Waals surface area contributed by atoms with Gasteiger partial charge in [0.05, 0.1) is 24.8 Å². The minimum absolute atomic E-state index is 0.118. The quantitative estimate of drug-likeness (QED) is 0.882. The monoisotopic (exact) mass is 359 g/mol. The molecule has 3 heterocycles. The van der Waals surface area contributed by atoms with Crippen molar-refractivity contribution < 1.29 is 14.0 Å². The van der Waals surface area contributed by atoms with Crippen LogP contribution in [-0.2, 0) is 13.1 Å². The largest absolute Gasteiger partial charge is 0.459 e. The molecule has 0 radical (unpaired) electrons. The molecule has 0 bridgehead atoms. The second-order valence-electron chi connectivity index (χ2n) is 6.85. The predicted molar refractivity (Wildman–Crippen MR) is 95.5 cm³/mol. The van der Waals surface area contributed by atoms with Crippen LogP contribution in [0.3, 0.4) is 0 Å². The minimum Gasteiger partial charge on any atom is -0.459 e. The van der Waals surface area contributed by atoms with Crippen LogP contribution in [0, 0.1) is 5.92 Å². The summed E-state index contributed by atoms with van der Waals surface area (Å²) < 4.78 is 7.21. The fourth-order valence-electron chi connectivity index (χ4n) is 3.00. The lowest BCUT2D eigenvalue weighted by atomic mass is 10.2. The van der Waals surface area contributed by atoms with Gasteiger partial charge in [0.1, 0.15) is 0 Å². The molecule has 26 heavy (non-hydrogen) atoms. The van der Waals surface area contributed by atoms with Crippen molar-refractivity contribution in [1.29, 1.82) is 0 Å². The van der Waals surface area contributed by atoms with E-state index in [-0.39, 0.29) is 11.9 Å². The van der Waals surface area contributed by atoms with E-state index in [9.17, 15) is 9.59 Å². The molecular formula is C18H25N5O3. The van der Waals surface area contributed by atoms with Crippen LogP contribution < -0.4 is 5.32 Å². The van der Waals surface area contributed by atoms with E-state index in [4.69, 9.17) is 4.42 Å². The van der Waals surface area contributed by atoms with Crippen molar-refractivity contribution in [1.82, 2.24) is 24.7 Å². The molecule has 8 nitrogen and oxygen atoms in total. The molecule has 0 aromatic carbocycles. The van der Waals surface area contributed by atoms with Gasteiger partial charge in [-0.1, -0.05) is 13.8 Å². The molecule has 1 saturated heterocycles. The highest BCUT2D eigenvalue weighted by atomic mass is 16.3. The molecule has 1 aliphatic rings. The second kappa shape index (κ2) is 8.07. The molecule has 8 heteroatoms. The molecule has 0 aliphatic carbocycles. The van der Waals surface area contributed by atoms with Crippen LogP contribution in [0.1, 0.15) is 30.1 Å². The molecule has 0 spiro atoms. The van der Waals surface area contributed by atoms with Gasteiger partial charge in [-0.3, -0.25) is 4.79 Å². The van der Waals surface area contributed by atoms with Crippen LogP contribution in [0.5, 0.6) is 0 Å². The van der Waals surface area contributed by atoms with Crippen molar-refractivity contribution >= 4 is 11.9 Å². The molecule has 0 unspecified atom stereocenters. The van der Waals surface area contributed by atoms with Crippen LogP contribution in [0.4, 0.5) is 4.79 Å². The van der Waals surface area contributed by atoms with E-state index in [0.29, 0.717) is 44.4 Å². The zero-order valence-corrected chi connectivity index (χ0v) is 15.2. The average Bonchev–Trinajstić information content (AvgIpc) is 3.31. The highest BCUT2D eigenvalue weighted by Gasteiger charge is 2.26. The molecule has 3 amide bonds. The second-order valence-corrected chi connectivity index (χ2v) is 6.85. The Morgan fingerprint density at radius 1 is 1.23 bits per heavy atom. The van der Waals surface area contributed by atoms with Crippen LogP contribution in [0.2, 0.25) is 0 Å². The molecule has 2 aromatic heterocycles. The Hall–Kier alpha value is -2.77. The third-order valence-corrected chi connectivity index (χ3v) is 4.37. The van der Waals surface area contributed by atoms with Gasteiger partial charge < -0.3 is 24.1 Å². The van der Waals surface area contributed by atoms with Gasteiger partial charge >= 0.3 is 6.03 Å². The molecule has 1 aliphatic heterocycles. The maximum absolute atomic E-state index is 12.4. The molecular weight excluding hydrogens is 334 g/mol. The van der Waals surface area contributed by atoms with E-state index >= 15 is 0 Å². The Balaban J connectivity index is 1.47. The number of carbonyl (C=O) groups is 2. The third-order valence-electron chi connectivity index (χ3n) is 4.37. The van der Waals surface area contributed by atoms with E-state index in [0.717, 1.165) is 12.2 Å². The van der Waals surface area contributed by atoms with Crippen molar-refractivity contribution in [2.24, 2.45) is 5.92 Å². The number of furan rings is 1. The van der Waals surface area contributed by atoms with Crippen molar-refractivity contribution in [3.63, 3.8) is 0 Å². The third kappa shape index (κ3) is 4.25. The molecule has 1 fully saturated rings. The predicted octanol–water partition coefficient (Wildman–Crippen LogP) is 1.80. The first-order valence-electron chi connectivity index (χ1n) is 8.89. The summed E-state index contributed by atoms with van der Waals surface area (Å²) in [5.74, 6) is 0.715. The number of hydrogen-bond donors (Lipinski definition) is 1. The highest BCUT2D eigenvalue weighted by Crippen LogP contribution is 2.10. The normalized spacial score (nSPS) is 14.7. The number of carbonyl (C=O) groups excluding carboxylic acids is 2. The number of aromatic nitrogens is 2. The molecule has 3 rings (SSSR count). The Labute approximate surface area is 152 Å². The topological polar surface area (TPSA) is 83.6 Å². The van der Waals surface area contributed by atoms with Crippen molar-refractivity contribution in [2.75, 3.05) is 26.2 Å². The Kier molecular flexibility index (Phi) is 5.60. The van der Waals surface area contributed by atoms with E-state index in [2.05, 4.69) is 28.7 Å². The zero-order chi connectivity index (χ0) is 18.5. The summed E-state index contributed by atoms with van der Waals surface area (Å²) in [6, 6.07) is 3.23. The fraction of sp³-hybridized carbons (Fsp3) is 0.500. The summed E-state index contributed by atoms with van der Waals surface area (Å²) in [6.07, 6.45) is 5.06. The number of amides is 3. The van der Waals surface area contributed by atoms with Crippen LogP contribution in [0.25, 0.3) is 0 Å². The lowest BCUT2D eigenvalue weighted by molar-refractivity contribution is 0.0634. The number of hydrogen-bond acceptors (Lipinski definition) is 4. The maximum Gasteiger partial charge on any atom is 0.317 e. The summed E-state index contributed by atoms with van der Waals surface area (Å²) in [5, 5.41) is 2.94. The molecule has 0 atom stereocenters. The van der Waals surface area contributed by atoms with Crippen LogP contribution in [-0.4, -0.2) is 57.5 Å². The SMILES string of the molecule is CC(C)Cn1cncc1CNC(=O)N1CCN(C(=O)c2ccco2)CC1. The Morgan fingerprint density at radius 3 is 2.62 bits per heavy atom. The van der Waals surface area contributed by atoms with Gasteiger partial charge in [0.2, 0.25) is 0 Å². The average molecular weight is 359 g/mol. The summed E-state index contributed by atoms with van der Waals surface area (Å²) in [4.78, 5) is 32.2. The van der Waals surface area contributed by atoms with Gasteiger partial charge in [-0.05, 0) is 18.1 Å². The number of nitrogens with zero attached hydrogens (tertiary/aromatic N) is 4. The standard InChI is InChI=1S/C18H25N5O3/c1-14(2)12-23-13-19-10-15(23)11-20-18(25)22-7-5-21(6-8-22)17(24)16-4-3-9-26-16/h3-4,9-10,13-14H,5-8,11-12H2,1-2H3,(H,20,25). The van der Waals surface area contributed by atoms with Crippen LogP contribution in [0.15, 0.2) is 35.3 Å². The lowest BCUT2D eigenvalue weighted by Gasteiger charge is -2.34. The Morgan fingerprint density at radius 2 is 1.96 bits per heavy atom. The van der Waals surface area contributed by atoms with Gasteiger partial charge in [0, 0.05) is 38.9 Å². The van der Waals surface area contributed by atoms with Gasteiger partial charge in [0.25, 0.3) is 5.91 Å². The first kappa shape index (κ1) is 18.0. The van der Waals surface area contributed by atoms with E-state index in [1.807, 2.05) is 0 Å². The van der Waals surface area contributed by atoms with E-state index in [1.165, 1.54) is 6.26 Å². The minimum atomic E-state index is -0.132. The number of rotatable bonds is 5. The van der Waals surface area contributed by atoms with Gasteiger partial charge in [0.15, 0.2) is 5.76 Å². The Bertz CT molecular complexity index is 730. The lowest BCUT2D eigenvalue weighted by Crippen LogP contribution is -2.53. The summed E-state index contributed by atoms with van der Waals surface area (Å²) in [7, 11) is 0. The summed E-state index contributed by atoms with van der Waals surface area (Å²) >= 11 is 0. The van der Waals surface area contributed by atoms with Gasteiger partial charge in [-0.25, -0.2) is 9.78 Å². The maximum atomic E-state index is 12.4. The molecule has 1 N–H and O–H groups in total. The van der Waals surface area contributed by atoms with Gasteiger partial charge in [-0.15, -0.1) is 0 Å².